The first-order chi connectivity index (χ1) is 9.87. The molecule has 1 aromatic carbocycles. The fourth-order valence-electron chi connectivity index (χ4n) is 2.79. The largest absolute Gasteiger partial charge is 0.397 e. The standard InChI is InChI=1S/C15H17BrN2O2S/c1-15(20)5-2-6-18(8-15)14(19)13-12(17)10-4-3-9(16)7-11(10)21-13/h3-4,7,20H,2,5-6,8,17H2,1H3. The minimum Gasteiger partial charge on any atom is -0.397 e. The summed E-state index contributed by atoms with van der Waals surface area (Å²) < 4.78 is 1.96. The number of aliphatic hydroxyl groups is 1. The Kier molecular flexibility index (Phi) is 3.71. The summed E-state index contributed by atoms with van der Waals surface area (Å²) in [7, 11) is 0. The van der Waals surface area contributed by atoms with Crippen LogP contribution in [-0.4, -0.2) is 34.6 Å². The van der Waals surface area contributed by atoms with Crippen molar-refractivity contribution >= 4 is 48.9 Å². The van der Waals surface area contributed by atoms with E-state index in [0.717, 1.165) is 27.4 Å². The predicted octanol–water partition coefficient (Wildman–Crippen LogP) is 3.23. The highest BCUT2D eigenvalue weighted by molar-refractivity contribution is 9.10. The number of carbonyl (C=O) groups is 1. The zero-order valence-electron chi connectivity index (χ0n) is 11.7. The average molecular weight is 369 g/mol. The summed E-state index contributed by atoms with van der Waals surface area (Å²) in [5, 5.41) is 11.1. The molecule has 1 aromatic heterocycles. The van der Waals surface area contributed by atoms with Crippen LogP contribution in [0, 0.1) is 0 Å². The second kappa shape index (κ2) is 5.26. The van der Waals surface area contributed by atoms with E-state index in [1.807, 2.05) is 18.2 Å². The molecule has 2 aromatic rings. The van der Waals surface area contributed by atoms with E-state index in [0.29, 0.717) is 23.7 Å². The molecule has 0 aliphatic carbocycles. The van der Waals surface area contributed by atoms with Crippen molar-refractivity contribution in [2.45, 2.75) is 25.4 Å². The van der Waals surface area contributed by atoms with E-state index >= 15 is 0 Å². The Balaban J connectivity index is 1.96. The number of hydrogen-bond donors (Lipinski definition) is 2. The molecular formula is C15H17BrN2O2S. The summed E-state index contributed by atoms with van der Waals surface area (Å²) in [6.07, 6.45) is 1.54. The highest BCUT2D eigenvalue weighted by atomic mass is 79.9. The molecule has 6 heteroatoms. The van der Waals surface area contributed by atoms with Crippen molar-refractivity contribution in [3.05, 3.63) is 27.5 Å². The lowest BCUT2D eigenvalue weighted by Gasteiger charge is -2.36. The maximum atomic E-state index is 12.7. The van der Waals surface area contributed by atoms with Gasteiger partial charge in [0, 0.05) is 27.6 Å². The number of thiophene rings is 1. The highest BCUT2D eigenvalue weighted by Gasteiger charge is 2.32. The lowest BCUT2D eigenvalue weighted by atomic mass is 9.95. The molecule has 1 amide bonds. The van der Waals surface area contributed by atoms with Gasteiger partial charge in [-0.05, 0) is 31.9 Å². The van der Waals surface area contributed by atoms with Gasteiger partial charge < -0.3 is 15.7 Å². The Bertz CT molecular complexity index is 711. The van der Waals surface area contributed by atoms with Crippen molar-refractivity contribution in [2.24, 2.45) is 0 Å². The van der Waals surface area contributed by atoms with Crippen molar-refractivity contribution in [3.63, 3.8) is 0 Å². The summed E-state index contributed by atoms with van der Waals surface area (Å²) in [4.78, 5) is 15.0. The van der Waals surface area contributed by atoms with E-state index in [1.165, 1.54) is 11.3 Å². The number of benzene rings is 1. The lowest BCUT2D eigenvalue weighted by molar-refractivity contribution is -0.0105. The van der Waals surface area contributed by atoms with Crippen LogP contribution in [0.3, 0.4) is 0 Å². The Morgan fingerprint density at radius 1 is 1.52 bits per heavy atom. The number of amides is 1. The van der Waals surface area contributed by atoms with Crippen molar-refractivity contribution in [1.29, 1.82) is 0 Å². The Hall–Kier alpha value is -1.11. The number of rotatable bonds is 1. The number of β-amino-alcohol motifs (C(OH)–C–C–N with tert-alkyl or cyclic N) is 1. The molecule has 1 unspecified atom stereocenters. The number of nitrogens with zero attached hydrogens (tertiary/aromatic N) is 1. The van der Waals surface area contributed by atoms with Crippen LogP contribution < -0.4 is 5.73 Å². The van der Waals surface area contributed by atoms with Gasteiger partial charge >= 0.3 is 0 Å². The molecule has 0 radical (unpaired) electrons. The maximum absolute atomic E-state index is 12.7. The molecule has 0 spiro atoms. The zero-order valence-corrected chi connectivity index (χ0v) is 14.1. The third-order valence-corrected chi connectivity index (χ3v) is 5.50. The van der Waals surface area contributed by atoms with E-state index in [2.05, 4.69) is 15.9 Å². The zero-order chi connectivity index (χ0) is 15.2. The summed E-state index contributed by atoms with van der Waals surface area (Å²) in [6.45, 7) is 2.81. The number of likely N-dealkylation sites (tertiary alicyclic amines) is 1. The van der Waals surface area contributed by atoms with Gasteiger partial charge in [0.25, 0.3) is 5.91 Å². The molecule has 21 heavy (non-hydrogen) atoms. The van der Waals surface area contributed by atoms with Gasteiger partial charge in [0.15, 0.2) is 0 Å². The van der Waals surface area contributed by atoms with Gasteiger partial charge in [-0.1, -0.05) is 22.0 Å². The maximum Gasteiger partial charge on any atom is 0.266 e. The minimum atomic E-state index is -0.803. The molecule has 4 nitrogen and oxygen atoms in total. The van der Waals surface area contributed by atoms with Crippen molar-refractivity contribution in [2.75, 3.05) is 18.8 Å². The van der Waals surface area contributed by atoms with Gasteiger partial charge in [0.05, 0.1) is 11.3 Å². The molecule has 2 heterocycles. The highest BCUT2D eigenvalue weighted by Crippen LogP contribution is 2.36. The molecule has 0 saturated carbocycles. The quantitative estimate of drug-likeness (QED) is 0.811. The molecule has 112 valence electrons. The summed E-state index contributed by atoms with van der Waals surface area (Å²) in [5.74, 6) is -0.0789. The Morgan fingerprint density at radius 3 is 3.00 bits per heavy atom. The molecule has 1 fully saturated rings. The van der Waals surface area contributed by atoms with Crippen LogP contribution in [0.2, 0.25) is 0 Å². The van der Waals surface area contributed by atoms with Crippen LogP contribution in [0.5, 0.6) is 0 Å². The monoisotopic (exact) mass is 368 g/mol. The Morgan fingerprint density at radius 2 is 2.29 bits per heavy atom. The number of nitrogens with two attached hydrogens (primary N) is 1. The number of fused-ring (bicyclic) bond motifs is 1. The van der Waals surface area contributed by atoms with E-state index in [4.69, 9.17) is 5.73 Å². The number of anilines is 1. The number of halogens is 1. The van der Waals surface area contributed by atoms with Crippen molar-refractivity contribution in [3.8, 4) is 0 Å². The normalized spacial score (nSPS) is 22.7. The van der Waals surface area contributed by atoms with Crippen LogP contribution in [0.1, 0.15) is 29.4 Å². The number of hydrogen-bond acceptors (Lipinski definition) is 4. The first-order valence-electron chi connectivity index (χ1n) is 6.86. The molecular weight excluding hydrogens is 352 g/mol. The van der Waals surface area contributed by atoms with Gasteiger partial charge in [-0.15, -0.1) is 11.3 Å². The van der Waals surface area contributed by atoms with E-state index in [9.17, 15) is 9.90 Å². The second-order valence-corrected chi connectivity index (χ2v) is 7.78. The van der Waals surface area contributed by atoms with Gasteiger partial charge in [-0.3, -0.25) is 4.79 Å². The van der Waals surface area contributed by atoms with Crippen LogP contribution >= 0.6 is 27.3 Å². The van der Waals surface area contributed by atoms with Crippen LogP contribution in [0.4, 0.5) is 5.69 Å². The molecule has 0 bridgehead atoms. The lowest BCUT2D eigenvalue weighted by Crippen LogP contribution is -2.48. The molecule has 1 atom stereocenters. The fraction of sp³-hybridized carbons (Fsp3) is 0.400. The van der Waals surface area contributed by atoms with Gasteiger partial charge in [0.2, 0.25) is 0 Å². The second-order valence-electron chi connectivity index (χ2n) is 5.81. The number of nitrogen functional groups attached to an aromatic ring is 1. The van der Waals surface area contributed by atoms with Crippen molar-refractivity contribution < 1.29 is 9.90 Å². The van der Waals surface area contributed by atoms with E-state index in [1.54, 1.807) is 11.8 Å². The minimum absolute atomic E-state index is 0.0789. The SMILES string of the molecule is CC1(O)CCCN(C(=O)c2sc3cc(Br)ccc3c2N)C1. The van der Waals surface area contributed by atoms with E-state index in [-0.39, 0.29) is 5.91 Å². The Labute approximate surface area is 135 Å². The third kappa shape index (κ3) is 2.80. The first kappa shape index (κ1) is 14.8. The van der Waals surface area contributed by atoms with Crippen LogP contribution in [-0.2, 0) is 0 Å². The molecule has 3 N–H and O–H groups in total. The topological polar surface area (TPSA) is 66.6 Å². The number of piperidine rings is 1. The van der Waals surface area contributed by atoms with E-state index < -0.39 is 5.60 Å². The third-order valence-electron chi connectivity index (χ3n) is 3.85. The smallest absolute Gasteiger partial charge is 0.266 e. The molecule has 1 saturated heterocycles. The first-order valence-corrected chi connectivity index (χ1v) is 8.47. The molecule has 3 rings (SSSR count). The van der Waals surface area contributed by atoms with Crippen LogP contribution in [0.25, 0.3) is 10.1 Å². The summed E-state index contributed by atoms with van der Waals surface area (Å²) >= 11 is 4.84. The summed E-state index contributed by atoms with van der Waals surface area (Å²) in [6, 6.07) is 5.82. The number of carbonyl (C=O) groups excluding carboxylic acids is 1. The van der Waals surface area contributed by atoms with Gasteiger partial charge in [-0.25, -0.2) is 0 Å². The van der Waals surface area contributed by atoms with Gasteiger partial charge in [0.1, 0.15) is 4.88 Å². The summed E-state index contributed by atoms with van der Waals surface area (Å²) in [5.41, 5.74) is 5.89. The predicted molar refractivity (Wildman–Crippen MR) is 89.7 cm³/mol. The fourth-order valence-corrected chi connectivity index (χ4v) is 4.43. The molecule has 1 aliphatic rings. The van der Waals surface area contributed by atoms with Crippen molar-refractivity contribution in [1.82, 2.24) is 4.90 Å². The van der Waals surface area contributed by atoms with Crippen LogP contribution in [0.15, 0.2) is 22.7 Å². The molecule has 1 aliphatic heterocycles. The average Bonchev–Trinajstić information content (AvgIpc) is 2.73. The van der Waals surface area contributed by atoms with Gasteiger partial charge in [-0.2, -0.15) is 0 Å².